The molecule has 3 rings (SSSR count). The molecule has 1 saturated carbocycles. The van der Waals surface area contributed by atoms with Crippen molar-refractivity contribution in [3.63, 3.8) is 0 Å². The molecule has 0 aliphatic heterocycles. The molecular weight excluding hydrogens is 324 g/mol. The van der Waals surface area contributed by atoms with Gasteiger partial charge in [-0.05, 0) is 42.2 Å². The van der Waals surface area contributed by atoms with Gasteiger partial charge in [0, 0.05) is 18.5 Å². The number of halogens is 2. The summed E-state index contributed by atoms with van der Waals surface area (Å²) in [6.45, 7) is 1.12. The predicted octanol–water partition coefficient (Wildman–Crippen LogP) is 4.26. The van der Waals surface area contributed by atoms with E-state index in [1.165, 1.54) is 0 Å². The van der Waals surface area contributed by atoms with E-state index >= 15 is 0 Å². The van der Waals surface area contributed by atoms with E-state index in [0.29, 0.717) is 18.7 Å². The van der Waals surface area contributed by atoms with Crippen LogP contribution in [0, 0.1) is 11.6 Å². The van der Waals surface area contributed by atoms with Gasteiger partial charge in [0.2, 0.25) is 0 Å². The van der Waals surface area contributed by atoms with E-state index in [-0.39, 0.29) is 11.0 Å². The first-order chi connectivity index (χ1) is 12.0. The van der Waals surface area contributed by atoms with E-state index in [4.69, 9.17) is 5.11 Å². The van der Waals surface area contributed by atoms with Crippen molar-refractivity contribution < 1.29 is 18.7 Å². The van der Waals surface area contributed by atoms with Gasteiger partial charge >= 0.3 is 5.97 Å². The molecule has 0 saturated heterocycles. The molecule has 0 unspecified atom stereocenters. The highest BCUT2D eigenvalue weighted by Gasteiger charge is 2.37. The van der Waals surface area contributed by atoms with Gasteiger partial charge in [-0.3, -0.25) is 0 Å². The van der Waals surface area contributed by atoms with Crippen LogP contribution in [-0.2, 0) is 12.0 Å². The van der Waals surface area contributed by atoms with Crippen LogP contribution in [0.15, 0.2) is 42.5 Å². The number of carboxylic acids is 1. The third-order valence-electron chi connectivity index (χ3n) is 5.08. The molecule has 1 aliphatic carbocycles. The second kappa shape index (κ2) is 7.31. The Kier molecular flexibility index (Phi) is 5.13. The molecule has 2 N–H and O–H groups in total. The zero-order valence-electron chi connectivity index (χ0n) is 13.9. The van der Waals surface area contributed by atoms with Crippen LogP contribution in [0.25, 0.3) is 0 Å². The molecule has 0 bridgehead atoms. The predicted molar refractivity (Wildman–Crippen MR) is 91.6 cm³/mol. The van der Waals surface area contributed by atoms with Crippen LogP contribution in [0.4, 0.5) is 8.78 Å². The maximum absolute atomic E-state index is 14.3. The Labute approximate surface area is 145 Å². The van der Waals surface area contributed by atoms with Crippen molar-refractivity contribution in [1.82, 2.24) is 5.32 Å². The van der Waals surface area contributed by atoms with Crippen molar-refractivity contribution in [1.29, 1.82) is 0 Å². The lowest BCUT2D eigenvalue weighted by molar-refractivity contribution is 0.0697. The van der Waals surface area contributed by atoms with Gasteiger partial charge in [-0.15, -0.1) is 0 Å². The molecule has 0 spiro atoms. The first-order valence-electron chi connectivity index (χ1n) is 8.49. The monoisotopic (exact) mass is 345 g/mol. The van der Waals surface area contributed by atoms with Crippen LogP contribution in [-0.4, -0.2) is 17.6 Å². The Morgan fingerprint density at radius 3 is 2.40 bits per heavy atom. The van der Waals surface area contributed by atoms with E-state index in [1.807, 2.05) is 0 Å². The third-order valence-corrected chi connectivity index (χ3v) is 5.08. The van der Waals surface area contributed by atoms with Crippen molar-refractivity contribution >= 4 is 5.97 Å². The molecule has 2 aromatic rings. The highest BCUT2D eigenvalue weighted by atomic mass is 19.2. The average molecular weight is 345 g/mol. The summed E-state index contributed by atoms with van der Waals surface area (Å²) in [4.78, 5) is 10.9. The fourth-order valence-electron chi connectivity index (χ4n) is 3.72. The average Bonchev–Trinajstić information content (AvgIpc) is 3.07. The minimum Gasteiger partial charge on any atom is -0.478 e. The molecule has 5 heteroatoms. The van der Waals surface area contributed by atoms with Gasteiger partial charge in [0.1, 0.15) is 0 Å². The van der Waals surface area contributed by atoms with Crippen molar-refractivity contribution in [3.05, 3.63) is 70.8 Å². The lowest BCUT2D eigenvalue weighted by atomic mass is 9.78. The SMILES string of the molecule is O=C(O)c1ccc(CNCC2(c3cccc(F)c3F)CCCC2)cc1. The number of carbonyl (C=O) groups is 1. The van der Waals surface area contributed by atoms with E-state index < -0.39 is 17.6 Å². The van der Waals surface area contributed by atoms with Crippen molar-refractivity contribution in [2.24, 2.45) is 0 Å². The Morgan fingerprint density at radius 1 is 1.08 bits per heavy atom. The summed E-state index contributed by atoms with van der Waals surface area (Å²) in [5, 5.41) is 12.3. The minimum atomic E-state index is -0.953. The quantitative estimate of drug-likeness (QED) is 0.822. The number of hydrogen-bond acceptors (Lipinski definition) is 2. The largest absolute Gasteiger partial charge is 0.478 e. The first kappa shape index (κ1) is 17.5. The molecule has 132 valence electrons. The van der Waals surface area contributed by atoms with Crippen LogP contribution in [0.2, 0.25) is 0 Å². The molecule has 0 aromatic heterocycles. The third kappa shape index (κ3) is 3.71. The Bertz CT molecular complexity index is 753. The van der Waals surface area contributed by atoms with Gasteiger partial charge < -0.3 is 10.4 Å². The van der Waals surface area contributed by atoms with Crippen LogP contribution < -0.4 is 5.32 Å². The number of aromatic carboxylic acids is 1. The van der Waals surface area contributed by atoms with Crippen molar-refractivity contribution in [3.8, 4) is 0 Å². The van der Waals surface area contributed by atoms with Crippen molar-refractivity contribution in [2.45, 2.75) is 37.6 Å². The van der Waals surface area contributed by atoms with Crippen molar-refractivity contribution in [2.75, 3.05) is 6.54 Å². The molecule has 1 fully saturated rings. The maximum atomic E-state index is 14.3. The normalized spacial score (nSPS) is 16.1. The molecular formula is C20H21F2NO2. The number of nitrogens with one attached hydrogen (secondary N) is 1. The van der Waals surface area contributed by atoms with E-state index in [1.54, 1.807) is 36.4 Å². The van der Waals surface area contributed by atoms with Gasteiger partial charge in [-0.25, -0.2) is 13.6 Å². The maximum Gasteiger partial charge on any atom is 0.335 e. The first-order valence-corrected chi connectivity index (χ1v) is 8.49. The summed E-state index contributed by atoms with van der Waals surface area (Å²) in [7, 11) is 0. The second-order valence-electron chi connectivity index (χ2n) is 6.69. The number of benzene rings is 2. The van der Waals surface area contributed by atoms with Gasteiger partial charge in [0.05, 0.1) is 5.56 Å². The van der Waals surface area contributed by atoms with E-state index in [9.17, 15) is 13.6 Å². The highest BCUT2D eigenvalue weighted by Crippen LogP contribution is 2.42. The summed E-state index contributed by atoms with van der Waals surface area (Å²) < 4.78 is 28.0. The van der Waals surface area contributed by atoms with Gasteiger partial charge in [-0.1, -0.05) is 37.1 Å². The highest BCUT2D eigenvalue weighted by molar-refractivity contribution is 5.87. The van der Waals surface area contributed by atoms with Gasteiger partial charge in [0.25, 0.3) is 0 Å². The zero-order chi connectivity index (χ0) is 17.9. The van der Waals surface area contributed by atoms with Crippen LogP contribution >= 0.6 is 0 Å². The van der Waals surface area contributed by atoms with E-state index in [0.717, 1.165) is 37.3 Å². The fourth-order valence-corrected chi connectivity index (χ4v) is 3.72. The smallest absolute Gasteiger partial charge is 0.335 e. The molecule has 25 heavy (non-hydrogen) atoms. The number of rotatable bonds is 6. The van der Waals surface area contributed by atoms with Crippen LogP contribution in [0.5, 0.6) is 0 Å². The summed E-state index contributed by atoms with van der Waals surface area (Å²) in [5.41, 5.74) is 1.28. The molecule has 3 nitrogen and oxygen atoms in total. The molecule has 0 amide bonds. The van der Waals surface area contributed by atoms with Crippen LogP contribution in [0.1, 0.15) is 47.2 Å². The molecule has 0 heterocycles. The van der Waals surface area contributed by atoms with Crippen LogP contribution in [0.3, 0.4) is 0 Å². The summed E-state index contributed by atoms with van der Waals surface area (Å²) in [6.07, 6.45) is 3.67. The Balaban J connectivity index is 1.70. The number of carboxylic acid groups (broad SMARTS) is 1. The van der Waals surface area contributed by atoms with E-state index in [2.05, 4.69) is 5.32 Å². The second-order valence-corrected chi connectivity index (χ2v) is 6.69. The summed E-state index contributed by atoms with van der Waals surface area (Å²) >= 11 is 0. The minimum absolute atomic E-state index is 0.248. The summed E-state index contributed by atoms with van der Waals surface area (Å²) in [6, 6.07) is 11.1. The number of hydrogen-bond donors (Lipinski definition) is 2. The standard InChI is InChI=1S/C20H21F2NO2/c21-17-5-3-4-16(18(17)22)20(10-1-2-11-20)13-23-12-14-6-8-15(9-7-14)19(24)25/h3-9,23H,1-2,10-13H2,(H,24,25). The molecule has 0 radical (unpaired) electrons. The lowest BCUT2D eigenvalue weighted by Crippen LogP contribution is -2.36. The Hall–Kier alpha value is -2.27. The fraction of sp³-hybridized carbons (Fsp3) is 0.350. The Morgan fingerprint density at radius 2 is 1.76 bits per heavy atom. The van der Waals surface area contributed by atoms with Gasteiger partial charge in [-0.2, -0.15) is 0 Å². The topological polar surface area (TPSA) is 49.3 Å². The molecule has 0 atom stereocenters. The zero-order valence-corrected chi connectivity index (χ0v) is 13.9. The lowest BCUT2D eigenvalue weighted by Gasteiger charge is -2.30. The summed E-state index contributed by atoms with van der Waals surface area (Å²) in [5.74, 6) is -2.49. The molecule has 2 aromatic carbocycles. The van der Waals surface area contributed by atoms with Gasteiger partial charge in [0.15, 0.2) is 11.6 Å². The molecule has 1 aliphatic rings.